The van der Waals surface area contributed by atoms with E-state index in [1.165, 1.54) is 18.4 Å². The summed E-state index contributed by atoms with van der Waals surface area (Å²) in [6.07, 6.45) is 3.63. The Balaban J connectivity index is 2.39. The van der Waals surface area contributed by atoms with Crippen molar-refractivity contribution in [2.75, 3.05) is 27.9 Å². The molecule has 1 saturated heterocycles. The molecule has 0 amide bonds. The van der Waals surface area contributed by atoms with Crippen LogP contribution in [0.15, 0.2) is 12.1 Å². The van der Waals surface area contributed by atoms with Gasteiger partial charge in [0.15, 0.2) is 11.5 Å². The van der Waals surface area contributed by atoms with Gasteiger partial charge in [-0.15, -0.1) is 0 Å². The van der Waals surface area contributed by atoms with Crippen LogP contribution in [-0.2, 0) is 11.3 Å². The van der Waals surface area contributed by atoms with Gasteiger partial charge in [-0.1, -0.05) is 6.42 Å². The van der Waals surface area contributed by atoms with Crippen LogP contribution in [0.5, 0.6) is 11.5 Å². The highest BCUT2D eigenvalue weighted by Gasteiger charge is 2.22. The summed E-state index contributed by atoms with van der Waals surface area (Å²) < 4.78 is 16.2. The summed E-state index contributed by atoms with van der Waals surface area (Å²) >= 11 is 0. The van der Waals surface area contributed by atoms with Gasteiger partial charge in [0, 0.05) is 18.7 Å². The Morgan fingerprint density at radius 1 is 1.16 bits per heavy atom. The first-order valence-electron chi connectivity index (χ1n) is 6.77. The molecule has 1 N–H and O–H groups in total. The molecule has 106 valence electrons. The van der Waals surface area contributed by atoms with Crippen molar-refractivity contribution in [1.82, 2.24) is 5.32 Å². The fourth-order valence-electron chi connectivity index (χ4n) is 2.68. The minimum absolute atomic E-state index is 0.342. The lowest BCUT2D eigenvalue weighted by Crippen LogP contribution is -2.27. The van der Waals surface area contributed by atoms with E-state index in [0.29, 0.717) is 12.6 Å². The highest BCUT2D eigenvalue weighted by Crippen LogP contribution is 2.38. The minimum Gasteiger partial charge on any atom is -0.493 e. The summed E-state index contributed by atoms with van der Waals surface area (Å²) in [5.74, 6) is 1.61. The molecule has 2 rings (SSSR count). The van der Waals surface area contributed by atoms with E-state index in [0.717, 1.165) is 30.0 Å². The SMILES string of the molecule is COCc1cc(OC)c(OC)c(C2CCCCN2)c1. The fraction of sp³-hybridized carbons (Fsp3) is 0.600. The van der Waals surface area contributed by atoms with Crippen molar-refractivity contribution in [3.05, 3.63) is 23.3 Å². The summed E-state index contributed by atoms with van der Waals surface area (Å²) in [6, 6.07) is 4.48. The molecule has 0 aromatic heterocycles. The van der Waals surface area contributed by atoms with Gasteiger partial charge in [-0.2, -0.15) is 0 Å². The number of hydrogen-bond donors (Lipinski definition) is 1. The van der Waals surface area contributed by atoms with Gasteiger partial charge in [0.05, 0.1) is 20.8 Å². The molecular formula is C15H23NO3. The van der Waals surface area contributed by atoms with Gasteiger partial charge in [-0.3, -0.25) is 0 Å². The van der Waals surface area contributed by atoms with Crippen LogP contribution in [0, 0.1) is 0 Å². The average Bonchev–Trinajstić information content (AvgIpc) is 2.47. The predicted molar refractivity (Wildman–Crippen MR) is 74.9 cm³/mol. The number of methoxy groups -OCH3 is 3. The van der Waals surface area contributed by atoms with Crippen LogP contribution in [0.4, 0.5) is 0 Å². The average molecular weight is 265 g/mol. The van der Waals surface area contributed by atoms with Crippen molar-refractivity contribution in [1.29, 1.82) is 0 Å². The van der Waals surface area contributed by atoms with Crippen molar-refractivity contribution in [2.45, 2.75) is 31.9 Å². The quantitative estimate of drug-likeness (QED) is 0.888. The smallest absolute Gasteiger partial charge is 0.165 e. The molecule has 1 aromatic rings. The lowest BCUT2D eigenvalue weighted by molar-refractivity contribution is 0.184. The van der Waals surface area contributed by atoms with Gasteiger partial charge in [0.2, 0.25) is 0 Å². The summed E-state index contributed by atoms with van der Waals surface area (Å²) in [6.45, 7) is 1.64. The normalized spacial score (nSPS) is 19.2. The number of hydrogen-bond acceptors (Lipinski definition) is 4. The van der Waals surface area contributed by atoms with E-state index in [1.807, 2.05) is 6.07 Å². The molecule has 1 fully saturated rings. The van der Waals surface area contributed by atoms with Crippen LogP contribution < -0.4 is 14.8 Å². The van der Waals surface area contributed by atoms with Gasteiger partial charge in [-0.05, 0) is 37.1 Å². The molecule has 0 saturated carbocycles. The molecule has 1 atom stereocenters. The molecule has 0 radical (unpaired) electrons. The maximum Gasteiger partial charge on any atom is 0.165 e. The molecule has 1 aliphatic heterocycles. The van der Waals surface area contributed by atoms with E-state index in [1.54, 1.807) is 21.3 Å². The number of benzene rings is 1. The monoisotopic (exact) mass is 265 g/mol. The molecule has 1 aliphatic rings. The van der Waals surface area contributed by atoms with Crippen molar-refractivity contribution in [3.8, 4) is 11.5 Å². The standard InChI is InChI=1S/C15H23NO3/c1-17-10-11-8-12(13-6-4-5-7-16-13)15(19-3)14(9-11)18-2/h8-9,13,16H,4-7,10H2,1-3H3. The van der Waals surface area contributed by atoms with Gasteiger partial charge in [0.1, 0.15) is 0 Å². The van der Waals surface area contributed by atoms with E-state index in [-0.39, 0.29) is 0 Å². The third-order valence-electron chi connectivity index (χ3n) is 3.56. The van der Waals surface area contributed by atoms with Gasteiger partial charge in [0.25, 0.3) is 0 Å². The number of nitrogens with one attached hydrogen (secondary N) is 1. The van der Waals surface area contributed by atoms with Crippen molar-refractivity contribution in [2.24, 2.45) is 0 Å². The maximum absolute atomic E-state index is 5.55. The molecule has 1 heterocycles. The largest absolute Gasteiger partial charge is 0.493 e. The van der Waals surface area contributed by atoms with E-state index in [4.69, 9.17) is 14.2 Å². The second-order valence-electron chi connectivity index (χ2n) is 4.86. The van der Waals surface area contributed by atoms with E-state index < -0.39 is 0 Å². The van der Waals surface area contributed by atoms with E-state index >= 15 is 0 Å². The Morgan fingerprint density at radius 2 is 2.00 bits per heavy atom. The Hall–Kier alpha value is -1.26. The predicted octanol–water partition coefficient (Wildman–Crippen LogP) is 2.66. The second kappa shape index (κ2) is 6.78. The number of ether oxygens (including phenoxy) is 3. The Labute approximate surface area is 115 Å². The third-order valence-corrected chi connectivity index (χ3v) is 3.56. The molecule has 1 unspecified atom stereocenters. The van der Waals surface area contributed by atoms with E-state index in [9.17, 15) is 0 Å². The summed E-state index contributed by atoms with van der Waals surface area (Å²) in [5, 5.41) is 3.55. The molecule has 0 bridgehead atoms. The first-order valence-corrected chi connectivity index (χ1v) is 6.77. The highest BCUT2D eigenvalue weighted by atomic mass is 16.5. The molecule has 4 heteroatoms. The zero-order valence-corrected chi connectivity index (χ0v) is 12.0. The lowest BCUT2D eigenvalue weighted by atomic mass is 9.95. The zero-order chi connectivity index (χ0) is 13.7. The third kappa shape index (κ3) is 3.19. The topological polar surface area (TPSA) is 39.7 Å². The molecule has 0 aliphatic carbocycles. The Bertz CT molecular complexity index is 414. The molecule has 1 aromatic carbocycles. The highest BCUT2D eigenvalue weighted by molar-refractivity contribution is 5.51. The van der Waals surface area contributed by atoms with Crippen LogP contribution in [0.3, 0.4) is 0 Å². The lowest BCUT2D eigenvalue weighted by Gasteiger charge is -2.26. The summed E-state index contributed by atoms with van der Waals surface area (Å²) in [5.41, 5.74) is 2.29. The molecule has 4 nitrogen and oxygen atoms in total. The van der Waals surface area contributed by atoms with Crippen LogP contribution in [0.1, 0.15) is 36.4 Å². The molecule has 0 spiro atoms. The Kier molecular flexibility index (Phi) is 5.05. The van der Waals surface area contributed by atoms with Crippen LogP contribution in [0.2, 0.25) is 0 Å². The summed E-state index contributed by atoms with van der Waals surface area (Å²) in [4.78, 5) is 0. The second-order valence-corrected chi connectivity index (χ2v) is 4.86. The number of rotatable bonds is 5. The van der Waals surface area contributed by atoms with Crippen LogP contribution in [0.25, 0.3) is 0 Å². The molecular weight excluding hydrogens is 242 g/mol. The minimum atomic E-state index is 0.342. The van der Waals surface area contributed by atoms with Gasteiger partial charge in [-0.25, -0.2) is 0 Å². The van der Waals surface area contributed by atoms with Gasteiger partial charge < -0.3 is 19.5 Å². The summed E-state index contributed by atoms with van der Waals surface area (Å²) in [7, 11) is 5.07. The van der Waals surface area contributed by atoms with E-state index in [2.05, 4.69) is 11.4 Å². The van der Waals surface area contributed by atoms with Crippen molar-refractivity contribution in [3.63, 3.8) is 0 Å². The maximum atomic E-state index is 5.55. The first kappa shape index (κ1) is 14.2. The Morgan fingerprint density at radius 3 is 2.58 bits per heavy atom. The van der Waals surface area contributed by atoms with Gasteiger partial charge >= 0.3 is 0 Å². The zero-order valence-electron chi connectivity index (χ0n) is 12.0. The van der Waals surface area contributed by atoms with Crippen molar-refractivity contribution >= 4 is 0 Å². The molecule has 19 heavy (non-hydrogen) atoms. The fourth-order valence-corrected chi connectivity index (χ4v) is 2.68. The van der Waals surface area contributed by atoms with Crippen LogP contribution in [-0.4, -0.2) is 27.9 Å². The first-order chi connectivity index (χ1) is 9.30. The van der Waals surface area contributed by atoms with Crippen molar-refractivity contribution < 1.29 is 14.2 Å². The number of piperidine rings is 1. The van der Waals surface area contributed by atoms with Crippen LogP contribution >= 0.6 is 0 Å².